The van der Waals surface area contributed by atoms with E-state index >= 15 is 0 Å². The van der Waals surface area contributed by atoms with Crippen LogP contribution in [-0.2, 0) is 6.54 Å². The van der Waals surface area contributed by atoms with Crippen molar-refractivity contribution in [2.45, 2.75) is 26.4 Å². The molecule has 0 saturated heterocycles. The largest absolute Gasteiger partial charge is 0.357 e. The average molecular weight is 267 g/mol. The van der Waals surface area contributed by atoms with Crippen molar-refractivity contribution < 1.29 is 4.79 Å². The monoisotopic (exact) mass is 267 g/mol. The molecule has 0 atom stereocenters. The minimum atomic E-state index is 0.121. The van der Waals surface area contributed by atoms with Gasteiger partial charge in [-0.1, -0.05) is 12.1 Å². The molecule has 4 rings (SSSR count). The Labute approximate surface area is 117 Å². The fraction of sp³-hybridized carbons (Fsp3) is 0.375. The smallest absolute Gasteiger partial charge is 0.184 e. The highest BCUT2D eigenvalue weighted by molar-refractivity contribution is 6.22. The summed E-state index contributed by atoms with van der Waals surface area (Å²) in [6, 6.07) is 6.39. The number of aliphatic imine (C=N–C) groups is 1. The molecule has 4 heteroatoms. The van der Waals surface area contributed by atoms with E-state index in [2.05, 4.69) is 28.7 Å². The number of hydrogen-bond donors (Lipinski definition) is 1. The van der Waals surface area contributed by atoms with Gasteiger partial charge in [0, 0.05) is 46.9 Å². The van der Waals surface area contributed by atoms with E-state index in [1.165, 1.54) is 11.3 Å². The molecule has 0 spiro atoms. The van der Waals surface area contributed by atoms with Gasteiger partial charge in [-0.3, -0.25) is 14.7 Å². The summed E-state index contributed by atoms with van der Waals surface area (Å²) < 4.78 is 0. The predicted molar refractivity (Wildman–Crippen MR) is 79.6 cm³/mol. The molecule has 0 unspecified atom stereocenters. The summed E-state index contributed by atoms with van der Waals surface area (Å²) in [5.41, 5.74) is 5.31. The zero-order valence-electron chi connectivity index (χ0n) is 11.7. The normalized spacial score (nSPS) is 18.6. The van der Waals surface area contributed by atoms with E-state index in [9.17, 15) is 4.79 Å². The van der Waals surface area contributed by atoms with Gasteiger partial charge < -0.3 is 4.98 Å². The lowest BCUT2D eigenvalue weighted by Gasteiger charge is -2.31. The number of ketones is 1. The van der Waals surface area contributed by atoms with Crippen molar-refractivity contribution in [2.75, 3.05) is 13.1 Å². The molecule has 2 aliphatic heterocycles. The summed E-state index contributed by atoms with van der Waals surface area (Å²) in [5, 5.41) is 1.08. The second-order valence-corrected chi connectivity index (χ2v) is 5.89. The Hall–Kier alpha value is -1.94. The number of aromatic amines is 1. The van der Waals surface area contributed by atoms with Crippen LogP contribution in [0.15, 0.2) is 23.2 Å². The fourth-order valence-corrected chi connectivity index (χ4v) is 3.25. The Morgan fingerprint density at radius 2 is 2.15 bits per heavy atom. The highest BCUT2D eigenvalue weighted by Crippen LogP contribution is 2.32. The lowest BCUT2D eigenvalue weighted by molar-refractivity contribution is 0.100. The number of Topliss-reactive ketones (excluding diaryl/α,β-unsaturated/α-hetero) is 1. The number of hydrogen-bond acceptors (Lipinski definition) is 3. The molecule has 2 aliphatic rings. The van der Waals surface area contributed by atoms with E-state index in [-0.39, 0.29) is 12.3 Å². The van der Waals surface area contributed by atoms with Gasteiger partial charge in [0.15, 0.2) is 5.78 Å². The van der Waals surface area contributed by atoms with E-state index in [1.54, 1.807) is 0 Å². The quantitative estimate of drug-likeness (QED) is 0.862. The van der Waals surface area contributed by atoms with Crippen LogP contribution in [-0.4, -0.2) is 40.5 Å². The molecule has 2 aromatic rings. The number of nitrogens with zero attached hydrogens (tertiary/aromatic N) is 2. The van der Waals surface area contributed by atoms with E-state index in [0.717, 1.165) is 35.3 Å². The van der Waals surface area contributed by atoms with Gasteiger partial charge in [0.25, 0.3) is 0 Å². The van der Waals surface area contributed by atoms with Gasteiger partial charge >= 0.3 is 0 Å². The topological polar surface area (TPSA) is 48.5 Å². The summed E-state index contributed by atoms with van der Waals surface area (Å²) in [7, 11) is 0. The molecule has 0 saturated carbocycles. The van der Waals surface area contributed by atoms with Crippen molar-refractivity contribution in [1.29, 1.82) is 0 Å². The van der Waals surface area contributed by atoms with Gasteiger partial charge in [-0.2, -0.15) is 0 Å². The third kappa shape index (κ3) is 1.51. The number of H-pyrrole nitrogens is 1. The summed E-state index contributed by atoms with van der Waals surface area (Å²) in [4.78, 5) is 22.7. The molecular weight excluding hydrogens is 250 g/mol. The minimum Gasteiger partial charge on any atom is -0.357 e. The first-order chi connectivity index (χ1) is 9.65. The maximum absolute atomic E-state index is 12.3. The predicted octanol–water partition coefficient (Wildman–Crippen LogP) is 2.38. The maximum atomic E-state index is 12.3. The van der Waals surface area contributed by atoms with Crippen LogP contribution in [0.2, 0.25) is 0 Å². The molecule has 0 aliphatic carbocycles. The molecule has 102 valence electrons. The number of nitrogens with one attached hydrogen (secondary N) is 1. The Morgan fingerprint density at radius 1 is 1.30 bits per heavy atom. The molecule has 0 bridgehead atoms. The first kappa shape index (κ1) is 11.9. The SMILES string of the molecule is CC(C)N1CC2=NCC(=O)c3cccc4[nH]c(c2c34)C1. The van der Waals surface area contributed by atoms with Crippen LogP contribution in [0.1, 0.15) is 35.5 Å². The Bertz CT molecular complexity index is 754. The van der Waals surface area contributed by atoms with Crippen molar-refractivity contribution in [3.63, 3.8) is 0 Å². The number of carbonyl (C=O) groups excluding carboxylic acids is 1. The summed E-state index contributed by atoms with van der Waals surface area (Å²) in [5.74, 6) is 0.121. The summed E-state index contributed by atoms with van der Waals surface area (Å²) >= 11 is 0. The maximum Gasteiger partial charge on any atom is 0.184 e. The first-order valence-electron chi connectivity index (χ1n) is 7.09. The standard InChI is InChI=1S/C16H17N3O/c1-9(2)19-7-12-16-13(8-19)18-11-5-3-4-10(15(11)16)14(20)6-17-12/h3-5,9,18H,6-8H2,1-2H3. The second kappa shape index (κ2) is 4.03. The molecule has 0 radical (unpaired) electrons. The van der Waals surface area contributed by atoms with Gasteiger partial charge in [0.05, 0.1) is 5.71 Å². The lowest BCUT2D eigenvalue weighted by Crippen LogP contribution is -2.39. The van der Waals surface area contributed by atoms with Crippen LogP contribution in [0.25, 0.3) is 10.9 Å². The molecule has 4 nitrogen and oxygen atoms in total. The molecule has 1 N–H and O–H groups in total. The van der Waals surface area contributed by atoms with E-state index in [1.807, 2.05) is 18.2 Å². The van der Waals surface area contributed by atoms with E-state index in [0.29, 0.717) is 6.04 Å². The van der Waals surface area contributed by atoms with Crippen molar-refractivity contribution in [2.24, 2.45) is 4.99 Å². The van der Waals surface area contributed by atoms with E-state index < -0.39 is 0 Å². The highest BCUT2D eigenvalue weighted by Gasteiger charge is 2.30. The van der Waals surface area contributed by atoms with Crippen molar-refractivity contribution in [3.8, 4) is 0 Å². The average Bonchev–Trinajstić information content (AvgIpc) is 2.74. The molecule has 0 amide bonds. The summed E-state index contributed by atoms with van der Waals surface area (Å²) in [6.07, 6.45) is 0. The third-order valence-electron chi connectivity index (χ3n) is 4.35. The van der Waals surface area contributed by atoms with Crippen molar-refractivity contribution in [1.82, 2.24) is 9.88 Å². The van der Waals surface area contributed by atoms with Crippen LogP contribution in [0.3, 0.4) is 0 Å². The zero-order chi connectivity index (χ0) is 13.9. The molecule has 20 heavy (non-hydrogen) atoms. The van der Waals surface area contributed by atoms with Gasteiger partial charge in [-0.25, -0.2) is 0 Å². The Balaban J connectivity index is 2.03. The van der Waals surface area contributed by atoms with Crippen molar-refractivity contribution >= 4 is 22.4 Å². The second-order valence-electron chi connectivity index (χ2n) is 5.89. The zero-order valence-corrected chi connectivity index (χ0v) is 11.7. The fourth-order valence-electron chi connectivity index (χ4n) is 3.25. The Kier molecular flexibility index (Phi) is 2.39. The number of aromatic nitrogens is 1. The van der Waals surface area contributed by atoms with Gasteiger partial charge in [0.1, 0.15) is 6.54 Å². The third-order valence-corrected chi connectivity index (χ3v) is 4.35. The Morgan fingerprint density at radius 3 is 2.95 bits per heavy atom. The lowest BCUT2D eigenvalue weighted by atomic mass is 9.97. The van der Waals surface area contributed by atoms with Crippen molar-refractivity contribution in [3.05, 3.63) is 35.0 Å². The van der Waals surface area contributed by atoms with Crippen LogP contribution < -0.4 is 0 Å². The highest BCUT2D eigenvalue weighted by atomic mass is 16.1. The van der Waals surface area contributed by atoms with E-state index in [4.69, 9.17) is 0 Å². The molecular formula is C16H17N3O. The molecule has 0 fully saturated rings. The molecule has 1 aromatic heterocycles. The summed E-state index contributed by atoms with van der Waals surface area (Å²) in [6.45, 7) is 6.39. The van der Waals surface area contributed by atoms with Crippen LogP contribution in [0, 0.1) is 0 Å². The molecule has 1 aromatic carbocycles. The first-order valence-corrected chi connectivity index (χ1v) is 7.09. The van der Waals surface area contributed by atoms with Gasteiger partial charge in [-0.15, -0.1) is 0 Å². The number of benzene rings is 1. The van der Waals surface area contributed by atoms with Gasteiger partial charge in [-0.05, 0) is 19.9 Å². The van der Waals surface area contributed by atoms with Crippen LogP contribution >= 0.6 is 0 Å². The number of carbonyl (C=O) groups is 1. The number of rotatable bonds is 1. The van der Waals surface area contributed by atoms with Gasteiger partial charge in [0.2, 0.25) is 0 Å². The molecule has 3 heterocycles. The van der Waals surface area contributed by atoms with Crippen LogP contribution in [0.4, 0.5) is 0 Å². The minimum absolute atomic E-state index is 0.121. The van der Waals surface area contributed by atoms with Crippen LogP contribution in [0.5, 0.6) is 0 Å².